The Bertz CT molecular complexity index is 749. The maximum atomic E-state index is 12.5. The van der Waals surface area contributed by atoms with E-state index in [1.165, 1.54) is 20.3 Å². The number of anilines is 2. The molecule has 8 heteroatoms. The lowest BCUT2D eigenvalue weighted by Gasteiger charge is -2.26. The van der Waals surface area contributed by atoms with Gasteiger partial charge < -0.3 is 5.32 Å². The third kappa shape index (κ3) is 4.27. The van der Waals surface area contributed by atoms with Crippen LogP contribution in [0.15, 0.2) is 54.9 Å². The van der Waals surface area contributed by atoms with Crippen LogP contribution in [-0.2, 0) is 15.0 Å². The molecule has 0 radical (unpaired) electrons. The molecule has 1 aromatic carbocycles. The van der Waals surface area contributed by atoms with Crippen molar-refractivity contribution in [2.45, 2.75) is 0 Å². The molecule has 1 heterocycles. The molecule has 0 aliphatic carbocycles. The number of aromatic nitrogens is 1. The van der Waals surface area contributed by atoms with Crippen LogP contribution in [0.5, 0.6) is 0 Å². The highest BCUT2D eigenvalue weighted by atomic mass is 32.2. The van der Waals surface area contributed by atoms with Crippen molar-refractivity contribution < 1.29 is 13.2 Å². The summed E-state index contributed by atoms with van der Waals surface area (Å²) in [4.78, 5) is 16.1. The lowest BCUT2D eigenvalue weighted by Crippen LogP contribution is -2.44. The number of carbonyl (C=O) groups excluding carboxylic acids is 1. The first kappa shape index (κ1) is 16.9. The Balaban J connectivity index is 2.23. The van der Waals surface area contributed by atoms with Gasteiger partial charge in [0.15, 0.2) is 0 Å². The molecule has 0 bridgehead atoms. The molecule has 0 atom stereocenters. The van der Waals surface area contributed by atoms with Gasteiger partial charge in [-0.25, -0.2) is 4.31 Å². The minimum Gasteiger partial charge on any atom is -0.323 e. The number of nitrogens with zero attached hydrogens (tertiary/aromatic N) is 3. The van der Waals surface area contributed by atoms with Crippen LogP contribution in [0.4, 0.5) is 11.4 Å². The van der Waals surface area contributed by atoms with Crippen LogP contribution in [0, 0.1) is 0 Å². The largest absolute Gasteiger partial charge is 0.323 e. The number of hydrogen-bond acceptors (Lipinski definition) is 4. The summed E-state index contributed by atoms with van der Waals surface area (Å²) >= 11 is 0. The lowest BCUT2D eigenvalue weighted by molar-refractivity contribution is -0.114. The summed E-state index contributed by atoms with van der Waals surface area (Å²) in [6.45, 7) is -0.334. The van der Waals surface area contributed by atoms with Crippen molar-refractivity contribution in [2.24, 2.45) is 0 Å². The first-order valence-corrected chi connectivity index (χ1v) is 8.26. The number of benzene rings is 1. The van der Waals surface area contributed by atoms with Crippen molar-refractivity contribution in [2.75, 3.05) is 30.3 Å². The molecule has 23 heavy (non-hydrogen) atoms. The van der Waals surface area contributed by atoms with Crippen molar-refractivity contribution in [1.29, 1.82) is 0 Å². The van der Waals surface area contributed by atoms with Gasteiger partial charge in [-0.15, -0.1) is 0 Å². The van der Waals surface area contributed by atoms with Gasteiger partial charge in [-0.2, -0.15) is 12.7 Å². The van der Waals surface area contributed by atoms with Gasteiger partial charge in [-0.3, -0.25) is 9.78 Å². The van der Waals surface area contributed by atoms with Gasteiger partial charge in [0.2, 0.25) is 5.91 Å². The number of para-hydroxylation sites is 1. The molecule has 0 saturated carbocycles. The van der Waals surface area contributed by atoms with Crippen LogP contribution in [0.3, 0.4) is 0 Å². The number of carbonyl (C=O) groups is 1. The maximum Gasteiger partial charge on any atom is 0.304 e. The normalized spacial score (nSPS) is 11.3. The molecule has 0 unspecified atom stereocenters. The molecule has 0 aliphatic heterocycles. The van der Waals surface area contributed by atoms with E-state index in [0.29, 0.717) is 11.4 Å². The molecule has 2 aromatic rings. The molecule has 1 aromatic heterocycles. The van der Waals surface area contributed by atoms with E-state index in [4.69, 9.17) is 0 Å². The van der Waals surface area contributed by atoms with E-state index in [0.717, 1.165) is 8.61 Å². The number of hydrogen-bond donors (Lipinski definition) is 1. The molecule has 0 fully saturated rings. The summed E-state index contributed by atoms with van der Waals surface area (Å²) < 4.78 is 27.1. The molecule has 0 saturated heterocycles. The fourth-order valence-electron chi connectivity index (χ4n) is 1.87. The van der Waals surface area contributed by atoms with Crippen molar-refractivity contribution in [3.63, 3.8) is 0 Å². The van der Waals surface area contributed by atoms with Crippen LogP contribution in [0.25, 0.3) is 0 Å². The average Bonchev–Trinajstić information content (AvgIpc) is 2.54. The third-order valence-corrected chi connectivity index (χ3v) is 4.84. The van der Waals surface area contributed by atoms with Crippen LogP contribution >= 0.6 is 0 Å². The standard InChI is InChI=1S/C15H18N4O3S/c1-18(2)23(21,22)19(14-8-4-3-5-9-14)12-15(20)17-13-7-6-10-16-11-13/h3-11H,12H2,1-2H3,(H,17,20). The summed E-state index contributed by atoms with van der Waals surface area (Å²) in [6.07, 6.45) is 3.08. The van der Waals surface area contributed by atoms with Crippen LogP contribution < -0.4 is 9.62 Å². The van der Waals surface area contributed by atoms with Crippen molar-refractivity contribution >= 4 is 27.5 Å². The topological polar surface area (TPSA) is 82.6 Å². The Morgan fingerprint density at radius 3 is 2.39 bits per heavy atom. The van der Waals surface area contributed by atoms with Crippen molar-refractivity contribution in [1.82, 2.24) is 9.29 Å². The zero-order chi connectivity index (χ0) is 16.9. The van der Waals surface area contributed by atoms with E-state index in [2.05, 4.69) is 10.3 Å². The smallest absolute Gasteiger partial charge is 0.304 e. The predicted molar refractivity (Wildman–Crippen MR) is 89.3 cm³/mol. The Morgan fingerprint density at radius 1 is 1.13 bits per heavy atom. The molecular weight excluding hydrogens is 316 g/mol. The number of nitrogens with one attached hydrogen (secondary N) is 1. The highest BCUT2D eigenvalue weighted by molar-refractivity contribution is 7.90. The van der Waals surface area contributed by atoms with Crippen molar-refractivity contribution in [3.8, 4) is 0 Å². The Labute approximate surface area is 135 Å². The van der Waals surface area contributed by atoms with E-state index in [9.17, 15) is 13.2 Å². The van der Waals surface area contributed by atoms with Gasteiger partial charge in [0.1, 0.15) is 6.54 Å². The van der Waals surface area contributed by atoms with E-state index in [1.54, 1.807) is 48.7 Å². The quantitative estimate of drug-likeness (QED) is 0.864. The van der Waals surface area contributed by atoms with Gasteiger partial charge in [0.05, 0.1) is 17.6 Å². The molecule has 0 spiro atoms. The van der Waals surface area contributed by atoms with Gasteiger partial charge in [0, 0.05) is 20.3 Å². The van der Waals surface area contributed by atoms with Gasteiger partial charge in [0.25, 0.3) is 0 Å². The number of rotatable bonds is 6. The van der Waals surface area contributed by atoms with Gasteiger partial charge in [-0.1, -0.05) is 18.2 Å². The Kier molecular flexibility index (Phi) is 5.30. The van der Waals surface area contributed by atoms with Crippen LogP contribution in [0.2, 0.25) is 0 Å². The lowest BCUT2D eigenvalue weighted by atomic mass is 10.3. The van der Waals surface area contributed by atoms with Crippen LogP contribution in [-0.4, -0.2) is 44.3 Å². The fraction of sp³-hybridized carbons (Fsp3) is 0.200. The molecule has 7 nitrogen and oxygen atoms in total. The Hall–Kier alpha value is -2.45. The molecule has 1 N–H and O–H groups in total. The second-order valence-electron chi connectivity index (χ2n) is 4.92. The number of pyridine rings is 1. The molecule has 2 rings (SSSR count). The first-order chi connectivity index (χ1) is 10.9. The van der Waals surface area contributed by atoms with Gasteiger partial charge >= 0.3 is 10.2 Å². The monoisotopic (exact) mass is 334 g/mol. The Morgan fingerprint density at radius 2 is 1.83 bits per heavy atom. The molecular formula is C15H18N4O3S. The summed E-state index contributed by atoms with van der Waals surface area (Å²) in [5.74, 6) is -0.452. The zero-order valence-corrected chi connectivity index (χ0v) is 13.7. The summed E-state index contributed by atoms with van der Waals surface area (Å²) in [6, 6.07) is 11.8. The second kappa shape index (κ2) is 7.21. The minimum atomic E-state index is -3.79. The number of amides is 1. The molecule has 122 valence electrons. The summed E-state index contributed by atoms with van der Waals surface area (Å²) in [5, 5.41) is 2.63. The molecule has 0 aliphatic rings. The minimum absolute atomic E-state index is 0.334. The van der Waals surface area contributed by atoms with Crippen molar-refractivity contribution in [3.05, 3.63) is 54.9 Å². The van der Waals surface area contributed by atoms with E-state index in [-0.39, 0.29) is 6.54 Å². The van der Waals surface area contributed by atoms with E-state index >= 15 is 0 Å². The predicted octanol–water partition coefficient (Wildman–Crippen LogP) is 1.33. The average molecular weight is 334 g/mol. The van der Waals surface area contributed by atoms with E-state index < -0.39 is 16.1 Å². The summed E-state index contributed by atoms with van der Waals surface area (Å²) in [7, 11) is -0.947. The van der Waals surface area contributed by atoms with Crippen LogP contribution in [0.1, 0.15) is 0 Å². The molecule has 1 amide bonds. The van der Waals surface area contributed by atoms with Gasteiger partial charge in [-0.05, 0) is 24.3 Å². The first-order valence-electron chi connectivity index (χ1n) is 6.86. The highest BCUT2D eigenvalue weighted by Gasteiger charge is 2.27. The second-order valence-corrected chi connectivity index (χ2v) is 6.99. The third-order valence-electron chi connectivity index (χ3n) is 3.02. The highest BCUT2D eigenvalue weighted by Crippen LogP contribution is 2.19. The fourth-order valence-corrected chi connectivity index (χ4v) is 2.93. The summed E-state index contributed by atoms with van der Waals surface area (Å²) in [5.41, 5.74) is 0.926. The maximum absolute atomic E-state index is 12.5. The van der Waals surface area contributed by atoms with E-state index in [1.807, 2.05) is 0 Å². The SMILES string of the molecule is CN(C)S(=O)(=O)N(CC(=O)Nc1cccnc1)c1ccccc1. The zero-order valence-electron chi connectivity index (χ0n) is 12.9.